The van der Waals surface area contributed by atoms with E-state index < -0.39 is 0 Å². The van der Waals surface area contributed by atoms with E-state index in [0.717, 1.165) is 77.4 Å². The van der Waals surface area contributed by atoms with Crippen LogP contribution in [-0.2, 0) is 23.1 Å². The highest BCUT2D eigenvalue weighted by molar-refractivity contribution is 5.80. The van der Waals surface area contributed by atoms with Gasteiger partial charge in [-0.15, -0.1) is 0 Å². The van der Waals surface area contributed by atoms with Crippen LogP contribution in [0, 0.1) is 11.3 Å². The van der Waals surface area contributed by atoms with E-state index in [-0.39, 0.29) is 11.3 Å². The maximum absolute atomic E-state index is 13.2. The number of nitrogens with zero attached hydrogens (tertiary/aromatic N) is 4. The van der Waals surface area contributed by atoms with E-state index in [9.17, 15) is 4.79 Å². The van der Waals surface area contributed by atoms with E-state index in [0.29, 0.717) is 5.91 Å². The summed E-state index contributed by atoms with van der Waals surface area (Å²) in [6.07, 6.45) is 8.17. The molecule has 0 bridgehead atoms. The van der Waals surface area contributed by atoms with Gasteiger partial charge in [0, 0.05) is 64.2 Å². The van der Waals surface area contributed by atoms with E-state index in [4.69, 9.17) is 4.74 Å². The summed E-state index contributed by atoms with van der Waals surface area (Å²) in [7, 11) is 2.04. The van der Waals surface area contributed by atoms with Gasteiger partial charge in [0.05, 0.1) is 12.5 Å². The molecule has 0 aliphatic carbocycles. The fraction of sp³-hybridized carbons (Fsp3) is 0.778. The molecular weight excluding hydrogens is 304 g/mol. The Hall–Kier alpha value is -1.40. The van der Waals surface area contributed by atoms with Crippen LogP contribution < -0.4 is 0 Å². The molecule has 1 amide bonds. The zero-order valence-corrected chi connectivity index (χ0v) is 14.6. The van der Waals surface area contributed by atoms with Gasteiger partial charge in [-0.2, -0.15) is 0 Å². The van der Waals surface area contributed by atoms with Gasteiger partial charge in [0.1, 0.15) is 5.82 Å². The average molecular weight is 332 g/mol. The fourth-order valence-electron chi connectivity index (χ4n) is 4.72. The fourth-order valence-corrected chi connectivity index (χ4v) is 4.72. The number of rotatable bonds is 3. The lowest BCUT2D eigenvalue weighted by Gasteiger charge is -2.38. The van der Waals surface area contributed by atoms with Crippen LogP contribution in [0.25, 0.3) is 0 Å². The standard InChI is InChI=1S/C18H28N4O2/c1-20-9-6-19-16(20)13-21-12-15(17(23)22-7-2-3-8-22)18(14-21)4-10-24-11-5-18/h6,9,15H,2-5,7-8,10-14H2,1H3/t15-/m1/s1. The van der Waals surface area contributed by atoms with Gasteiger partial charge in [0.15, 0.2) is 0 Å². The second-order valence-corrected chi connectivity index (χ2v) is 7.68. The Morgan fingerprint density at radius 3 is 2.75 bits per heavy atom. The van der Waals surface area contributed by atoms with Crippen molar-refractivity contribution in [1.29, 1.82) is 0 Å². The molecule has 3 aliphatic rings. The number of carbonyl (C=O) groups is 1. The van der Waals surface area contributed by atoms with Crippen molar-refractivity contribution in [3.63, 3.8) is 0 Å². The SMILES string of the molecule is Cn1ccnc1CN1C[C@H](C(=O)N2CCCC2)C2(CCOCC2)C1. The predicted octanol–water partition coefficient (Wildman–Crippen LogP) is 1.27. The van der Waals surface area contributed by atoms with Crippen molar-refractivity contribution < 1.29 is 9.53 Å². The summed E-state index contributed by atoms with van der Waals surface area (Å²) in [4.78, 5) is 22.2. The lowest BCUT2D eigenvalue weighted by atomic mass is 9.71. The molecule has 0 radical (unpaired) electrons. The first-order chi connectivity index (χ1) is 11.7. The van der Waals surface area contributed by atoms with Gasteiger partial charge in [-0.3, -0.25) is 9.69 Å². The molecule has 3 saturated heterocycles. The van der Waals surface area contributed by atoms with Crippen molar-refractivity contribution in [2.24, 2.45) is 18.4 Å². The van der Waals surface area contributed by atoms with Crippen LogP contribution in [0.15, 0.2) is 12.4 Å². The van der Waals surface area contributed by atoms with Crippen molar-refractivity contribution >= 4 is 5.91 Å². The third-order valence-electron chi connectivity index (χ3n) is 6.21. The molecule has 6 nitrogen and oxygen atoms in total. The van der Waals surface area contributed by atoms with Gasteiger partial charge in [-0.25, -0.2) is 4.98 Å². The first-order valence-corrected chi connectivity index (χ1v) is 9.23. The molecule has 1 aromatic heterocycles. The third-order valence-corrected chi connectivity index (χ3v) is 6.21. The third kappa shape index (κ3) is 2.86. The molecule has 0 aromatic carbocycles. The summed E-state index contributed by atoms with van der Waals surface area (Å²) in [6.45, 7) is 6.16. The summed E-state index contributed by atoms with van der Waals surface area (Å²) >= 11 is 0. The molecule has 0 unspecified atom stereocenters. The smallest absolute Gasteiger partial charge is 0.227 e. The topological polar surface area (TPSA) is 50.6 Å². The molecule has 1 spiro atoms. The van der Waals surface area contributed by atoms with Crippen molar-refractivity contribution in [1.82, 2.24) is 19.4 Å². The Kier molecular flexibility index (Phi) is 4.35. The quantitative estimate of drug-likeness (QED) is 0.836. The zero-order valence-electron chi connectivity index (χ0n) is 14.6. The molecule has 4 rings (SSSR count). The highest BCUT2D eigenvalue weighted by Gasteiger charge is 2.51. The van der Waals surface area contributed by atoms with Crippen molar-refractivity contribution in [3.05, 3.63) is 18.2 Å². The van der Waals surface area contributed by atoms with Gasteiger partial charge in [0.2, 0.25) is 5.91 Å². The molecule has 0 N–H and O–H groups in total. The van der Waals surface area contributed by atoms with Crippen LogP contribution >= 0.6 is 0 Å². The van der Waals surface area contributed by atoms with Crippen LogP contribution in [0.1, 0.15) is 31.5 Å². The molecule has 6 heteroatoms. The normalized spacial score (nSPS) is 27.2. The Morgan fingerprint density at radius 1 is 1.33 bits per heavy atom. The summed E-state index contributed by atoms with van der Waals surface area (Å²) in [6, 6.07) is 0. The van der Waals surface area contributed by atoms with Crippen LogP contribution in [0.3, 0.4) is 0 Å². The van der Waals surface area contributed by atoms with E-state index in [1.807, 2.05) is 19.4 Å². The minimum Gasteiger partial charge on any atom is -0.381 e. The number of aromatic nitrogens is 2. The average Bonchev–Trinajstić information content (AvgIpc) is 3.31. The van der Waals surface area contributed by atoms with Crippen LogP contribution in [0.4, 0.5) is 0 Å². The molecule has 3 fully saturated rings. The van der Waals surface area contributed by atoms with Gasteiger partial charge < -0.3 is 14.2 Å². The lowest BCUT2D eigenvalue weighted by Crippen LogP contribution is -2.45. The Bertz CT molecular complexity index is 588. The number of likely N-dealkylation sites (tertiary alicyclic amines) is 2. The first kappa shape index (κ1) is 16.1. The van der Waals surface area contributed by atoms with Crippen LogP contribution in [0.2, 0.25) is 0 Å². The number of imidazole rings is 1. The van der Waals surface area contributed by atoms with E-state index in [2.05, 4.69) is 19.4 Å². The molecule has 4 heterocycles. The number of hydrogen-bond acceptors (Lipinski definition) is 4. The highest BCUT2D eigenvalue weighted by Crippen LogP contribution is 2.45. The maximum Gasteiger partial charge on any atom is 0.227 e. The van der Waals surface area contributed by atoms with Gasteiger partial charge in [-0.05, 0) is 25.7 Å². The number of amides is 1. The summed E-state index contributed by atoms with van der Waals surface area (Å²) in [5.74, 6) is 1.59. The molecule has 1 atom stereocenters. The Morgan fingerprint density at radius 2 is 2.08 bits per heavy atom. The minimum atomic E-state index is 0.100. The molecule has 132 valence electrons. The zero-order chi connectivity index (χ0) is 16.6. The monoisotopic (exact) mass is 332 g/mol. The summed E-state index contributed by atoms with van der Waals surface area (Å²) in [5.41, 5.74) is 0.100. The van der Waals surface area contributed by atoms with Crippen LogP contribution in [-0.4, -0.2) is 64.7 Å². The molecule has 1 aromatic rings. The van der Waals surface area contributed by atoms with Gasteiger partial charge >= 0.3 is 0 Å². The summed E-state index contributed by atoms with van der Waals surface area (Å²) < 4.78 is 7.69. The second-order valence-electron chi connectivity index (χ2n) is 7.68. The van der Waals surface area contributed by atoms with E-state index in [1.54, 1.807) is 0 Å². The maximum atomic E-state index is 13.2. The van der Waals surface area contributed by atoms with Crippen molar-refractivity contribution in [2.75, 3.05) is 39.4 Å². The Labute approximate surface area is 143 Å². The van der Waals surface area contributed by atoms with Gasteiger partial charge in [-0.1, -0.05) is 0 Å². The number of aryl methyl sites for hydroxylation is 1. The van der Waals surface area contributed by atoms with Crippen LogP contribution in [0.5, 0.6) is 0 Å². The summed E-state index contributed by atoms with van der Waals surface area (Å²) in [5, 5.41) is 0. The van der Waals surface area contributed by atoms with Crippen molar-refractivity contribution in [2.45, 2.75) is 32.2 Å². The lowest BCUT2D eigenvalue weighted by molar-refractivity contribution is -0.139. The van der Waals surface area contributed by atoms with E-state index in [1.165, 1.54) is 0 Å². The number of ether oxygens (including phenoxy) is 1. The first-order valence-electron chi connectivity index (χ1n) is 9.23. The molecule has 24 heavy (non-hydrogen) atoms. The molecular formula is C18H28N4O2. The molecule has 0 saturated carbocycles. The molecule has 3 aliphatic heterocycles. The highest BCUT2D eigenvalue weighted by atomic mass is 16.5. The number of carbonyl (C=O) groups excluding carboxylic acids is 1. The largest absolute Gasteiger partial charge is 0.381 e. The number of hydrogen-bond donors (Lipinski definition) is 0. The predicted molar refractivity (Wildman–Crippen MR) is 90.3 cm³/mol. The Balaban J connectivity index is 1.53. The van der Waals surface area contributed by atoms with Crippen molar-refractivity contribution in [3.8, 4) is 0 Å². The van der Waals surface area contributed by atoms with Gasteiger partial charge in [0.25, 0.3) is 0 Å². The second kappa shape index (κ2) is 6.48. The van der Waals surface area contributed by atoms with E-state index >= 15 is 0 Å². The minimum absolute atomic E-state index is 0.100.